The number of anilines is 1. The van der Waals surface area contributed by atoms with Crippen molar-refractivity contribution in [2.45, 2.75) is 37.6 Å². The fourth-order valence-corrected chi connectivity index (χ4v) is 3.78. The molecule has 0 bridgehead atoms. The lowest BCUT2D eigenvalue weighted by Crippen LogP contribution is -2.31. The van der Waals surface area contributed by atoms with Crippen LogP contribution in [-0.2, 0) is 17.8 Å². The Morgan fingerprint density at radius 3 is 2.89 bits per heavy atom. The van der Waals surface area contributed by atoms with Crippen LogP contribution in [0.1, 0.15) is 24.3 Å². The quantitative estimate of drug-likeness (QED) is 0.643. The first-order valence-electron chi connectivity index (χ1n) is 5.76. The van der Waals surface area contributed by atoms with Gasteiger partial charge in [0.2, 0.25) is 0 Å². The number of nitrogen functional groups attached to an aromatic ring is 1. The Morgan fingerprint density at radius 1 is 1.39 bits per heavy atom. The van der Waals surface area contributed by atoms with Gasteiger partial charge in [-0.2, -0.15) is 0 Å². The summed E-state index contributed by atoms with van der Waals surface area (Å²) in [5.74, 6) is 0.597. The molecular formula is C12H15N3OS2. The standard InChI is InChI=1S/C12H15N3OS2/c1-12(2)4-6-7(5-16-12)18-10-8(6)9(13)14-11(15-10)17-3/h4-5H2,1-3H3,(H2,13,14,15). The van der Waals surface area contributed by atoms with Crippen LogP contribution in [0.4, 0.5) is 5.82 Å². The Labute approximate surface area is 114 Å². The van der Waals surface area contributed by atoms with Gasteiger partial charge in [-0.3, -0.25) is 0 Å². The second-order valence-corrected chi connectivity index (χ2v) is 6.86. The van der Waals surface area contributed by atoms with Crippen LogP contribution in [0, 0.1) is 0 Å². The number of thiophene rings is 1. The molecular weight excluding hydrogens is 266 g/mol. The third-order valence-corrected chi connectivity index (χ3v) is 4.77. The number of aromatic nitrogens is 2. The molecule has 0 saturated carbocycles. The molecule has 2 aromatic heterocycles. The summed E-state index contributed by atoms with van der Waals surface area (Å²) in [6, 6.07) is 0. The highest BCUT2D eigenvalue weighted by Crippen LogP contribution is 2.40. The van der Waals surface area contributed by atoms with Crippen LogP contribution in [0.3, 0.4) is 0 Å². The van der Waals surface area contributed by atoms with Crippen molar-refractivity contribution in [3.8, 4) is 0 Å². The van der Waals surface area contributed by atoms with Crippen LogP contribution in [-0.4, -0.2) is 21.8 Å². The lowest BCUT2D eigenvalue weighted by atomic mass is 9.94. The van der Waals surface area contributed by atoms with Crippen LogP contribution < -0.4 is 5.73 Å². The molecule has 3 heterocycles. The number of fused-ring (bicyclic) bond motifs is 3. The third kappa shape index (κ3) is 1.88. The van der Waals surface area contributed by atoms with Gasteiger partial charge in [0, 0.05) is 11.3 Å². The van der Waals surface area contributed by atoms with E-state index in [2.05, 4.69) is 23.8 Å². The average Bonchev–Trinajstić information content (AvgIpc) is 2.65. The minimum atomic E-state index is -0.133. The summed E-state index contributed by atoms with van der Waals surface area (Å²) in [4.78, 5) is 11.1. The van der Waals surface area contributed by atoms with Gasteiger partial charge in [-0.15, -0.1) is 11.3 Å². The topological polar surface area (TPSA) is 61.0 Å². The van der Waals surface area contributed by atoms with E-state index in [4.69, 9.17) is 10.5 Å². The first kappa shape index (κ1) is 12.2. The summed E-state index contributed by atoms with van der Waals surface area (Å²) >= 11 is 3.19. The first-order chi connectivity index (χ1) is 8.50. The fraction of sp³-hybridized carbons (Fsp3) is 0.500. The van der Waals surface area contributed by atoms with E-state index in [1.165, 1.54) is 22.2 Å². The summed E-state index contributed by atoms with van der Waals surface area (Å²) in [6.07, 6.45) is 2.83. The van der Waals surface area contributed by atoms with Crippen molar-refractivity contribution in [1.29, 1.82) is 0 Å². The molecule has 0 saturated heterocycles. The zero-order valence-corrected chi connectivity index (χ0v) is 12.2. The molecule has 2 N–H and O–H groups in total. The number of nitrogens with zero attached hydrogens (tertiary/aromatic N) is 2. The maximum absolute atomic E-state index is 6.09. The molecule has 0 aliphatic carbocycles. The molecule has 0 atom stereocenters. The summed E-state index contributed by atoms with van der Waals surface area (Å²) in [5, 5.41) is 1.77. The Hall–Kier alpha value is -0.850. The van der Waals surface area contributed by atoms with Crippen LogP contribution >= 0.6 is 23.1 Å². The van der Waals surface area contributed by atoms with E-state index in [1.54, 1.807) is 11.3 Å². The number of rotatable bonds is 1. The molecule has 1 aliphatic rings. The number of hydrogen-bond donors (Lipinski definition) is 1. The Kier molecular flexibility index (Phi) is 2.76. The SMILES string of the molecule is CSc1nc(N)c2c3c(sc2n1)COC(C)(C)C3. The van der Waals surface area contributed by atoms with Gasteiger partial charge in [0.05, 0.1) is 17.6 Å². The van der Waals surface area contributed by atoms with Gasteiger partial charge in [0.1, 0.15) is 10.6 Å². The maximum atomic E-state index is 6.09. The molecule has 0 unspecified atom stereocenters. The number of hydrogen-bond acceptors (Lipinski definition) is 6. The average molecular weight is 281 g/mol. The predicted molar refractivity (Wildman–Crippen MR) is 76.2 cm³/mol. The van der Waals surface area contributed by atoms with Crippen LogP contribution in [0.5, 0.6) is 0 Å². The minimum Gasteiger partial charge on any atom is -0.383 e. The van der Waals surface area contributed by atoms with E-state index in [9.17, 15) is 0 Å². The molecule has 96 valence electrons. The first-order valence-corrected chi connectivity index (χ1v) is 7.80. The summed E-state index contributed by atoms with van der Waals surface area (Å²) < 4.78 is 5.83. The van der Waals surface area contributed by atoms with Crippen molar-refractivity contribution < 1.29 is 4.74 Å². The molecule has 0 fully saturated rings. The second kappa shape index (κ2) is 4.08. The predicted octanol–water partition coefficient (Wildman–Crippen LogP) is 2.85. The number of thioether (sulfide) groups is 1. The van der Waals surface area contributed by atoms with E-state index >= 15 is 0 Å². The van der Waals surface area contributed by atoms with Crippen LogP contribution in [0.25, 0.3) is 10.2 Å². The van der Waals surface area contributed by atoms with Crippen molar-refractivity contribution in [1.82, 2.24) is 9.97 Å². The van der Waals surface area contributed by atoms with E-state index in [1.807, 2.05) is 6.26 Å². The summed E-state index contributed by atoms with van der Waals surface area (Å²) in [7, 11) is 0. The van der Waals surface area contributed by atoms with Gasteiger partial charge < -0.3 is 10.5 Å². The van der Waals surface area contributed by atoms with E-state index in [-0.39, 0.29) is 5.60 Å². The third-order valence-electron chi connectivity index (χ3n) is 3.12. The molecule has 0 amide bonds. The Morgan fingerprint density at radius 2 is 2.17 bits per heavy atom. The molecule has 6 heteroatoms. The molecule has 18 heavy (non-hydrogen) atoms. The number of ether oxygens (including phenoxy) is 1. The maximum Gasteiger partial charge on any atom is 0.190 e. The van der Waals surface area contributed by atoms with Gasteiger partial charge >= 0.3 is 0 Å². The molecule has 0 radical (unpaired) electrons. The van der Waals surface area contributed by atoms with Gasteiger partial charge in [-0.05, 0) is 25.7 Å². The molecule has 3 rings (SSSR count). The lowest BCUT2D eigenvalue weighted by Gasteiger charge is -2.30. The van der Waals surface area contributed by atoms with Gasteiger partial charge in [-0.1, -0.05) is 11.8 Å². The van der Waals surface area contributed by atoms with E-state index in [0.717, 1.165) is 21.8 Å². The lowest BCUT2D eigenvalue weighted by molar-refractivity contribution is -0.0379. The van der Waals surface area contributed by atoms with Gasteiger partial charge in [0.25, 0.3) is 0 Å². The minimum absolute atomic E-state index is 0.133. The Balaban J connectivity index is 2.24. The van der Waals surface area contributed by atoms with Crippen LogP contribution in [0.2, 0.25) is 0 Å². The second-order valence-electron chi connectivity index (χ2n) is 5.00. The highest BCUT2D eigenvalue weighted by atomic mass is 32.2. The van der Waals surface area contributed by atoms with E-state index < -0.39 is 0 Å². The largest absolute Gasteiger partial charge is 0.383 e. The van der Waals surface area contributed by atoms with Gasteiger partial charge in [0.15, 0.2) is 5.16 Å². The molecule has 0 spiro atoms. The molecule has 4 nitrogen and oxygen atoms in total. The molecule has 1 aliphatic heterocycles. The van der Waals surface area contributed by atoms with Crippen molar-refractivity contribution in [3.63, 3.8) is 0 Å². The summed E-state index contributed by atoms with van der Waals surface area (Å²) in [5.41, 5.74) is 7.23. The normalized spacial score (nSPS) is 17.9. The monoisotopic (exact) mass is 281 g/mol. The van der Waals surface area contributed by atoms with Gasteiger partial charge in [-0.25, -0.2) is 9.97 Å². The Bertz CT molecular complexity index is 621. The molecule has 2 aromatic rings. The zero-order chi connectivity index (χ0) is 12.9. The van der Waals surface area contributed by atoms with E-state index in [0.29, 0.717) is 12.4 Å². The fourth-order valence-electron chi connectivity index (χ4n) is 2.24. The summed E-state index contributed by atoms with van der Waals surface area (Å²) in [6.45, 7) is 4.86. The van der Waals surface area contributed by atoms with Crippen molar-refractivity contribution in [2.24, 2.45) is 0 Å². The molecule has 0 aromatic carbocycles. The number of nitrogens with two attached hydrogens (primary N) is 1. The van der Waals surface area contributed by atoms with Crippen molar-refractivity contribution in [3.05, 3.63) is 10.4 Å². The smallest absolute Gasteiger partial charge is 0.190 e. The highest BCUT2D eigenvalue weighted by molar-refractivity contribution is 7.98. The zero-order valence-electron chi connectivity index (χ0n) is 10.6. The highest BCUT2D eigenvalue weighted by Gasteiger charge is 2.30. The van der Waals surface area contributed by atoms with Crippen molar-refractivity contribution >= 4 is 39.1 Å². The van der Waals surface area contributed by atoms with Crippen LogP contribution in [0.15, 0.2) is 5.16 Å². The van der Waals surface area contributed by atoms with Crippen molar-refractivity contribution in [2.75, 3.05) is 12.0 Å².